The second-order valence-corrected chi connectivity index (χ2v) is 4.82. The molecule has 7 nitrogen and oxygen atoms in total. The van der Waals surface area contributed by atoms with E-state index >= 15 is 0 Å². The van der Waals surface area contributed by atoms with E-state index < -0.39 is 0 Å². The highest BCUT2D eigenvalue weighted by Crippen LogP contribution is 2.09. The Morgan fingerprint density at radius 2 is 2.19 bits per heavy atom. The average Bonchev–Trinajstić information content (AvgIpc) is 3.10. The highest BCUT2D eigenvalue weighted by Gasteiger charge is 2.16. The normalized spacial score (nSPS) is 12.5. The van der Waals surface area contributed by atoms with Crippen molar-refractivity contribution < 1.29 is 4.79 Å². The topological polar surface area (TPSA) is 77.1 Å². The number of aromatic nitrogens is 5. The van der Waals surface area contributed by atoms with Gasteiger partial charge in [0.25, 0.3) is 0 Å². The fourth-order valence-corrected chi connectivity index (χ4v) is 2.25. The monoisotopic (exact) mass is 284 g/mol. The molecule has 0 bridgehead atoms. The van der Waals surface area contributed by atoms with Gasteiger partial charge in [-0.3, -0.25) is 9.20 Å². The molecule has 0 radical (unpaired) electrons. The Kier molecular flexibility index (Phi) is 3.39. The molecule has 3 heterocycles. The fraction of sp³-hybridized carbons (Fsp3) is 0.286. The summed E-state index contributed by atoms with van der Waals surface area (Å²) in [6.45, 7) is 4.05. The lowest BCUT2D eigenvalue weighted by Gasteiger charge is -2.14. The summed E-state index contributed by atoms with van der Waals surface area (Å²) in [5.41, 5.74) is 0.764. The van der Waals surface area contributed by atoms with E-state index in [1.807, 2.05) is 47.2 Å². The van der Waals surface area contributed by atoms with Crippen LogP contribution in [-0.2, 0) is 11.3 Å². The van der Waals surface area contributed by atoms with Gasteiger partial charge in [0.05, 0.1) is 6.54 Å². The summed E-state index contributed by atoms with van der Waals surface area (Å²) in [7, 11) is 0. The van der Waals surface area contributed by atoms with Crippen LogP contribution in [0.4, 0.5) is 0 Å². The van der Waals surface area contributed by atoms with Gasteiger partial charge in [-0.05, 0) is 26.0 Å². The molecular weight excluding hydrogens is 268 g/mol. The summed E-state index contributed by atoms with van der Waals surface area (Å²) in [4.78, 5) is 16.3. The van der Waals surface area contributed by atoms with E-state index in [2.05, 4.69) is 20.5 Å². The van der Waals surface area contributed by atoms with Gasteiger partial charge >= 0.3 is 0 Å². The van der Waals surface area contributed by atoms with E-state index in [1.54, 1.807) is 12.4 Å². The first kappa shape index (κ1) is 13.3. The summed E-state index contributed by atoms with van der Waals surface area (Å²) in [6.07, 6.45) is 5.36. The number of carbonyl (C=O) groups is 1. The molecule has 0 aromatic carbocycles. The summed E-state index contributed by atoms with van der Waals surface area (Å²) in [6, 6.07) is 5.36. The van der Waals surface area contributed by atoms with Crippen LogP contribution in [0.1, 0.15) is 24.6 Å². The second-order valence-electron chi connectivity index (χ2n) is 4.82. The first-order chi connectivity index (χ1) is 10.2. The molecular formula is C14H16N6O. The van der Waals surface area contributed by atoms with Crippen LogP contribution in [0.3, 0.4) is 0 Å². The number of hydrogen-bond acceptors (Lipinski definition) is 4. The summed E-state index contributed by atoms with van der Waals surface area (Å²) < 4.78 is 3.69. The van der Waals surface area contributed by atoms with Crippen molar-refractivity contribution >= 4 is 11.6 Å². The van der Waals surface area contributed by atoms with E-state index in [1.165, 1.54) is 0 Å². The summed E-state index contributed by atoms with van der Waals surface area (Å²) >= 11 is 0. The van der Waals surface area contributed by atoms with Crippen molar-refractivity contribution in [1.29, 1.82) is 0 Å². The van der Waals surface area contributed by atoms with E-state index in [-0.39, 0.29) is 11.9 Å². The van der Waals surface area contributed by atoms with Crippen LogP contribution >= 0.6 is 0 Å². The van der Waals surface area contributed by atoms with Crippen LogP contribution in [0.15, 0.2) is 36.8 Å². The number of imidazole rings is 1. The SMILES string of the molecule is Cc1nccn1C(C)C(=O)NCc1nnc2ccccn12. The predicted octanol–water partition coefficient (Wildman–Crippen LogP) is 1.11. The number of hydrogen-bond donors (Lipinski definition) is 1. The standard InChI is InChI=1S/C14H16N6O/c1-10(19-8-6-15-11(19)2)14(21)16-9-13-18-17-12-5-3-4-7-20(12)13/h3-8,10H,9H2,1-2H3,(H,16,21). The Morgan fingerprint density at radius 1 is 1.33 bits per heavy atom. The Balaban J connectivity index is 1.70. The van der Waals surface area contributed by atoms with Crippen molar-refractivity contribution in [3.8, 4) is 0 Å². The number of fused-ring (bicyclic) bond motifs is 1. The highest BCUT2D eigenvalue weighted by atomic mass is 16.2. The number of carbonyl (C=O) groups excluding carboxylic acids is 1. The number of aryl methyl sites for hydroxylation is 1. The predicted molar refractivity (Wildman–Crippen MR) is 76.5 cm³/mol. The van der Waals surface area contributed by atoms with Crippen molar-refractivity contribution in [3.05, 3.63) is 48.4 Å². The summed E-state index contributed by atoms with van der Waals surface area (Å²) in [5, 5.41) is 11.0. The van der Waals surface area contributed by atoms with Gasteiger partial charge in [0, 0.05) is 18.6 Å². The lowest BCUT2D eigenvalue weighted by Crippen LogP contribution is -2.31. The minimum Gasteiger partial charge on any atom is -0.347 e. The lowest BCUT2D eigenvalue weighted by atomic mass is 10.3. The maximum absolute atomic E-state index is 12.2. The van der Waals surface area contributed by atoms with Gasteiger partial charge in [-0.15, -0.1) is 10.2 Å². The van der Waals surface area contributed by atoms with E-state index in [0.717, 1.165) is 11.5 Å². The number of pyridine rings is 1. The zero-order valence-corrected chi connectivity index (χ0v) is 11.9. The Morgan fingerprint density at radius 3 is 2.95 bits per heavy atom. The van der Waals surface area contributed by atoms with Crippen molar-refractivity contribution in [2.45, 2.75) is 26.4 Å². The summed E-state index contributed by atoms with van der Waals surface area (Å²) in [5.74, 6) is 1.43. The third kappa shape index (κ3) is 2.49. The van der Waals surface area contributed by atoms with Crippen LogP contribution in [0.2, 0.25) is 0 Å². The molecule has 1 amide bonds. The largest absolute Gasteiger partial charge is 0.347 e. The zero-order chi connectivity index (χ0) is 14.8. The average molecular weight is 284 g/mol. The minimum absolute atomic E-state index is 0.0798. The second kappa shape index (κ2) is 5.35. The van der Waals surface area contributed by atoms with Gasteiger partial charge in [-0.25, -0.2) is 4.98 Å². The molecule has 0 fully saturated rings. The maximum Gasteiger partial charge on any atom is 0.243 e. The lowest BCUT2D eigenvalue weighted by molar-refractivity contribution is -0.124. The van der Waals surface area contributed by atoms with Gasteiger partial charge in [0.1, 0.15) is 11.9 Å². The Bertz CT molecular complexity index is 774. The molecule has 1 N–H and O–H groups in total. The quantitative estimate of drug-likeness (QED) is 0.778. The molecule has 0 saturated carbocycles. The Hall–Kier alpha value is -2.70. The smallest absolute Gasteiger partial charge is 0.243 e. The third-order valence-electron chi connectivity index (χ3n) is 3.46. The molecule has 1 unspecified atom stereocenters. The number of nitrogens with zero attached hydrogens (tertiary/aromatic N) is 5. The van der Waals surface area contributed by atoms with Crippen molar-refractivity contribution in [2.24, 2.45) is 0 Å². The van der Waals surface area contributed by atoms with E-state index in [0.29, 0.717) is 12.4 Å². The van der Waals surface area contributed by atoms with E-state index in [9.17, 15) is 4.79 Å². The molecule has 0 aliphatic rings. The van der Waals surface area contributed by atoms with Gasteiger partial charge in [0.15, 0.2) is 11.5 Å². The third-order valence-corrected chi connectivity index (χ3v) is 3.46. The molecule has 1 atom stereocenters. The molecule has 0 aliphatic carbocycles. The molecule has 0 spiro atoms. The molecule has 0 saturated heterocycles. The fourth-order valence-electron chi connectivity index (χ4n) is 2.25. The van der Waals surface area contributed by atoms with Crippen LogP contribution in [0, 0.1) is 6.92 Å². The first-order valence-corrected chi connectivity index (χ1v) is 6.72. The number of nitrogens with one attached hydrogen (secondary N) is 1. The molecule has 21 heavy (non-hydrogen) atoms. The van der Waals surface area contributed by atoms with Crippen molar-refractivity contribution in [2.75, 3.05) is 0 Å². The van der Waals surface area contributed by atoms with Crippen LogP contribution < -0.4 is 5.32 Å². The van der Waals surface area contributed by atoms with Gasteiger partial charge in [-0.2, -0.15) is 0 Å². The Labute approximate surface area is 121 Å². The maximum atomic E-state index is 12.2. The van der Waals surface area contributed by atoms with Crippen LogP contribution in [-0.4, -0.2) is 30.1 Å². The molecule has 3 rings (SSSR count). The number of rotatable bonds is 4. The van der Waals surface area contributed by atoms with Crippen LogP contribution in [0.25, 0.3) is 5.65 Å². The molecule has 108 valence electrons. The molecule has 0 aliphatic heterocycles. The van der Waals surface area contributed by atoms with Crippen LogP contribution in [0.5, 0.6) is 0 Å². The molecule has 7 heteroatoms. The first-order valence-electron chi connectivity index (χ1n) is 6.72. The zero-order valence-electron chi connectivity index (χ0n) is 11.9. The van der Waals surface area contributed by atoms with E-state index in [4.69, 9.17) is 0 Å². The molecule has 3 aromatic rings. The van der Waals surface area contributed by atoms with Gasteiger partial charge in [0.2, 0.25) is 5.91 Å². The van der Waals surface area contributed by atoms with Gasteiger partial charge in [-0.1, -0.05) is 6.07 Å². The number of amides is 1. The van der Waals surface area contributed by atoms with Crippen molar-refractivity contribution in [1.82, 2.24) is 29.5 Å². The highest BCUT2D eigenvalue weighted by molar-refractivity contribution is 5.79. The van der Waals surface area contributed by atoms with Crippen molar-refractivity contribution in [3.63, 3.8) is 0 Å². The van der Waals surface area contributed by atoms with Gasteiger partial charge < -0.3 is 9.88 Å². The minimum atomic E-state index is -0.313. The molecule has 3 aromatic heterocycles.